The molecule has 0 spiro atoms. The number of hydrogen-bond acceptors (Lipinski definition) is 5. The van der Waals surface area contributed by atoms with Crippen molar-refractivity contribution in [3.8, 4) is 0 Å². The molecule has 0 aliphatic carbocycles. The minimum absolute atomic E-state index is 0.0724. The fourth-order valence-corrected chi connectivity index (χ4v) is 4.66. The van der Waals surface area contributed by atoms with Crippen LogP contribution in [-0.4, -0.2) is 43.6 Å². The van der Waals surface area contributed by atoms with Crippen LogP contribution in [0.25, 0.3) is 5.65 Å². The molecule has 4 aromatic rings. The zero-order valence-electron chi connectivity index (χ0n) is 20.9. The second-order valence-electron chi connectivity index (χ2n) is 8.59. The Labute approximate surface area is 220 Å². The molecule has 3 aromatic heterocycles. The number of piperidine rings is 1. The number of nitrogens with zero attached hydrogens (tertiary/aromatic N) is 5. The normalized spacial score (nSPS) is 15.2. The van der Waals surface area contributed by atoms with Crippen LogP contribution in [0.3, 0.4) is 0 Å². The van der Waals surface area contributed by atoms with E-state index < -0.39 is 0 Å². The molecule has 1 fully saturated rings. The van der Waals surface area contributed by atoms with Gasteiger partial charge in [-0.15, -0.1) is 0 Å². The minimum Gasteiger partial charge on any atom is -0.366 e. The third-order valence-corrected chi connectivity index (χ3v) is 6.60. The van der Waals surface area contributed by atoms with Gasteiger partial charge in [-0.25, -0.2) is 9.78 Å². The first kappa shape index (κ1) is 25.6. The van der Waals surface area contributed by atoms with Crippen molar-refractivity contribution in [3.05, 3.63) is 82.3 Å². The SMILES string of the molecule is CC.Cc1cccc(NC(=O)N2CCCC(c3cc(NCc4cccnc4)n4ncc(Br)c4n3)C2)c1. The van der Waals surface area contributed by atoms with Crippen LogP contribution in [-0.2, 0) is 6.54 Å². The van der Waals surface area contributed by atoms with Crippen molar-refractivity contribution >= 4 is 39.1 Å². The number of carbonyl (C=O) groups excluding carboxylic acids is 1. The summed E-state index contributed by atoms with van der Waals surface area (Å²) in [6.45, 7) is 8.00. The maximum absolute atomic E-state index is 13.0. The Balaban J connectivity index is 0.00000148. The number of nitrogens with one attached hydrogen (secondary N) is 2. The van der Waals surface area contributed by atoms with Crippen molar-refractivity contribution in [2.24, 2.45) is 0 Å². The highest BCUT2D eigenvalue weighted by molar-refractivity contribution is 9.10. The van der Waals surface area contributed by atoms with Crippen molar-refractivity contribution in [3.63, 3.8) is 0 Å². The molecule has 4 heterocycles. The Kier molecular flexibility index (Phi) is 8.53. The van der Waals surface area contributed by atoms with Gasteiger partial charge in [-0.2, -0.15) is 9.61 Å². The maximum Gasteiger partial charge on any atom is 0.321 e. The third-order valence-electron chi connectivity index (χ3n) is 6.04. The van der Waals surface area contributed by atoms with Gasteiger partial charge in [0, 0.05) is 49.7 Å². The van der Waals surface area contributed by atoms with E-state index in [4.69, 9.17) is 4.98 Å². The van der Waals surface area contributed by atoms with Gasteiger partial charge in [-0.3, -0.25) is 4.98 Å². The van der Waals surface area contributed by atoms with Crippen LogP contribution in [0.2, 0.25) is 0 Å². The Hall–Kier alpha value is -3.46. The molecule has 1 atom stereocenters. The molecular formula is C27H32BrN7O. The molecule has 1 aliphatic heterocycles. The van der Waals surface area contributed by atoms with Crippen LogP contribution in [0.1, 0.15) is 49.4 Å². The van der Waals surface area contributed by atoms with E-state index in [1.165, 1.54) is 0 Å². The van der Waals surface area contributed by atoms with Crippen LogP contribution in [0.5, 0.6) is 0 Å². The van der Waals surface area contributed by atoms with Crippen molar-refractivity contribution in [1.29, 1.82) is 0 Å². The maximum atomic E-state index is 13.0. The predicted octanol–water partition coefficient (Wildman–Crippen LogP) is 6.25. The van der Waals surface area contributed by atoms with E-state index in [0.29, 0.717) is 13.1 Å². The summed E-state index contributed by atoms with van der Waals surface area (Å²) >= 11 is 3.58. The van der Waals surface area contributed by atoms with E-state index in [1.54, 1.807) is 16.9 Å². The average Bonchev–Trinajstić information content (AvgIpc) is 3.30. The van der Waals surface area contributed by atoms with Gasteiger partial charge >= 0.3 is 6.03 Å². The molecule has 9 heteroatoms. The zero-order chi connectivity index (χ0) is 25.5. The number of likely N-dealkylation sites (tertiary alicyclic amines) is 1. The molecule has 0 bridgehead atoms. The number of hydrogen-bond donors (Lipinski definition) is 2. The lowest BCUT2D eigenvalue weighted by molar-refractivity contribution is 0.192. The lowest BCUT2D eigenvalue weighted by Crippen LogP contribution is -2.41. The Morgan fingerprint density at radius 3 is 2.81 bits per heavy atom. The molecule has 188 valence electrons. The molecule has 2 amide bonds. The van der Waals surface area contributed by atoms with Crippen molar-refractivity contribution in [1.82, 2.24) is 24.5 Å². The monoisotopic (exact) mass is 549 g/mol. The van der Waals surface area contributed by atoms with Gasteiger partial charge in [-0.05, 0) is 65.0 Å². The van der Waals surface area contributed by atoms with Crippen LogP contribution in [0.15, 0.2) is 65.5 Å². The highest BCUT2D eigenvalue weighted by Gasteiger charge is 2.27. The molecular weight excluding hydrogens is 518 g/mol. The number of benzene rings is 1. The van der Waals surface area contributed by atoms with E-state index in [0.717, 1.165) is 57.8 Å². The second kappa shape index (κ2) is 12.0. The lowest BCUT2D eigenvalue weighted by Gasteiger charge is -2.32. The summed E-state index contributed by atoms with van der Waals surface area (Å²) in [4.78, 5) is 23.9. The number of fused-ring (bicyclic) bond motifs is 1. The number of anilines is 2. The van der Waals surface area contributed by atoms with E-state index in [-0.39, 0.29) is 11.9 Å². The van der Waals surface area contributed by atoms with Crippen LogP contribution >= 0.6 is 15.9 Å². The van der Waals surface area contributed by atoms with Crippen LogP contribution < -0.4 is 10.6 Å². The molecule has 1 saturated heterocycles. The molecule has 0 saturated carbocycles. The predicted molar refractivity (Wildman–Crippen MR) is 147 cm³/mol. The van der Waals surface area contributed by atoms with Gasteiger partial charge in [-0.1, -0.05) is 32.0 Å². The number of aryl methyl sites for hydroxylation is 1. The number of aromatic nitrogens is 4. The van der Waals surface area contributed by atoms with Crippen molar-refractivity contribution in [2.45, 2.75) is 46.1 Å². The first-order valence-electron chi connectivity index (χ1n) is 12.4. The van der Waals surface area contributed by atoms with Gasteiger partial charge in [0.1, 0.15) is 5.82 Å². The molecule has 36 heavy (non-hydrogen) atoms. The summed E-state index contributed by atoms with van der Waals surface area (Å²) in [5.74, 6) is 0.999. The topological polar surface area (TPSA) is 87.5 Å². The van der Waals surface area contributed by atoms with Gasteiger partial charge in [0.2, 0.25) is 0 Å². The minimum atomic E-state index is -0.0724. The smallest absolute Gasteiger partial charge is 0.321 e. The molecule has 5 rings (SSSR count). The molecule has 1 aromatic carbocycles. The molecule has 1 unspecified atom stereocenters. The van der Waals surface area contributed by atoms with Crippen LogP contribution in [0, 0.1) is 6.92 Å². The zero-order valence-corrected chi connectivity index (χ0v) is 22.5. The lowest BCUT2D eigenvalue weighted by atomic mass is 9.94. The number of rotatable bonds is 5. The number of carbonyl (C=O) groups is 1. The fraction of sp³-hybridized carbons (Fsp3) is 0.333. The molecule has 0 radical (unpaired) electrons. The van der Waals surface area contributed by atoms with Gasteiger partial charge in [0.15, 0.2) is 5.65 Å². The standard InChI is InChI=1S/C25H26BrN7O.C2H6/c1-17-5-2-8-20(11-17)30-25(34)32-10-4-7-19(16-32)22-12-23(28-14-18-6-3-9-27-13-18)33-24(31-22)21(26)15-29-33;1-2/h2-3,5-6,8-9,11-13,15,19,28H,4,7,10,14,16H2,1H3,(H,30,34);1-2H3. The van der Waals surface area contributed by atoms with Gasteiger partial charge in [0.25, 0.3) is 0 Å². The van der Waals surface area contributed by atoms with Gasteiger partial charge in [0.05, 0.1) is 16.4 Å². The molecule has 2 N–H and O–H groups in total. The number of amides is 2. The summed E-state index contributed by atoms with van der Waals surface area (Å²) in [6.07, 6.45) is 7.27. The van der Waals surface area contributed by atoms with E-state index in [9.17, 15) is 4.79 Å². The average molecular weight is 551 g/mol. The number of urea groups is 1. The largest absolute Gasteiger partial charge is 0.366 e. The summed E-state index contributed by atoms with van der Waals surface area (Å²) < 4.78 is 2.64. The van der Waals surface area contributed by atoms with Crippen LogP contribution in [0.4, 0.5) is 16.3 Å². The Morgan fingerprint density at radius 1 is 1.17 bits per heavy atom. The number of halogens is 1. The summed E-state index contributed by atoms with van der Waals surface area (Å²) in [6, 6.07) is 13.8. The highest BCUT2D eigenvalue weighted by Crippen LogP contribution is 2.30. The molecule has 8 nitrogen and oxygen atoms in total. The first-order valence-corrected chi connectivity index (χ1v) is 13.2. The summed E-state index contributed by atoms with van der Waals surface area (Å²) in [7, 11) is 0. The Morgan fingerprint density at radius 2 is 2.03 bits per heavy atom. The fourth-order valence-electron chi connectivity index (χ4n) is 4.31. The molecule has 1 aliphatic rings. The summed E-state index contributed by atoms with van der Waals surface area (Å²) in [5, 5.41) is 11.0. The summed E-state index contributed by atoms with van der Waals surface area (Å²) in [5.41, 5.74) is 4.72. The second-order valence-corrected chi connectivity index (χ2v) is 9.45. The number of pyridine rings is 1. The highest BCUT2D eigenvalue weighted by atomic mass is 79.9. The quantitative estimate of drug-likeness (QED) is 0.307. The Bertz CT molecular complexity index is 1310. The third kappa shape index (κ3) is 6.02. The van der Waals surface area contributed by atoms with Crippen molar-refractivity contribution in [2.75, 3.05) is 23.7 Å². The van der Waals surface area contributed by atoms with E-state index in [2.05, 4.69) is 42.7 Å². The first-order chi connectivity index (χ1) is 17.6. The van der Waals surface area contributed by atoms with Crippen molar-refractivity contribution < 1.29 is 4.79 Å². The van der Waals surface area contributed by atoms with E-state index >= 15 is 0 Å². The van der Waals surface area contributed by atoms with Gasteiger partial charge < -0.3 is 15.5 Å². The van der Waals surface area contributed by atoms with E-state index in [1.807, 2.05) is 68.3 Å².